The molecule has 0 aliphatic rings. The van der Waals surface area contributed by atoms with Gasteiger partial charge in [-0.1, -0.05) is 26.0 Å². The zero-order chi connectivity index (χ0) is 16.2. The second kappa shape index (κ2) is 7.27. The Morgan fingerprint density at radius 1 is 1.19 bits per heavy atom. The number of rotatable bonds is 6. The minimum Gasteiger partial charge on any atom is -0.323 e. The van der Waals surface area contributed by atoms with Crippen LogP contribution in [0.1, 0.15) is 44.4 Å². The summed E-state index contributed by atoms with van der Waals surface area (Å²) in [7, 11) is 1.96. The largest absolute Gasteiger partial charge is 0.416 e. The molecule has 21 heavy (non-hydrogen) atoms. The van der Waals surface area contributed by atoms with Gasteiger partial charge in [-0.2, -0.15) is 13.2 Å². The van der Waals surface area contributed by atoms with Gasteiger partial charge in [0.25, 0.3) is 0 Å². The molecular weight excluding hydrogens is 277 g/mol. The topological polar surface area (TPSA) is 29.3 Å². The molecule has 1 aromatic carbocycles. The summed E-state index contributed by atoms with van der Waals surface area (Å²) in [5.74, 6) is 0.576. The number of hydrogen-bond donors (Lipinski definition) is 1. The van der Waals surface area contributed by atoms with Crippen molar-refractivity contribution in [1.29, 1.82) is 0 Å². The van der Waals surface area contributed by atoms with Gasteiger partial charge in [-0.25, -0.2) is 0 Å². The molecule has 1 rings (SSSR count). The van der Waals surface area contributed by atoms with Crippen molar-refractivity contribution >= 4 is 0 Å². The van der Waals surface area contributed by atoms with Crippen LogP contribution >= 0.6 is 0 Å². The van der Waals surface area contributed by atoms with Crippen molar-refractivity contribution in [3.8, 4) is 0 Å². The number of nitrogens with two attached hydrogens (primary N) is 1. The van der Waals surface area contributed by atoms with Crippen molar-refractivity contribution in [1.82, 2.24) is 4.90 Å². The average molecular weight is 302 g/mol. The van der Waals surface area contributed by atoms with E-state index in [1.54, 1.807) is 6.07 Å². The number of alkyl halides is 3. The minimum atomic E-state index is -4.33. The van der Waals surface area contributed by atoms with E-state index in [1.807, 2.05) is 7.05 Å². The van der Waals surface area contributed by atoms with Gasteiger partial charge in [0, 0.05) is 18.6 Å². The molecule has 2 nitrogen and oxygen atoms in total. The summed E-state index contributed by atoms with van der Waals surface area (Å²) in [6.45, 7) is 6.95. The molecule has 0 saturated heterocycles. The molecule has 0 amide bonds. The van der Waals surface area contributed by atoms with Crippen LogP contribution in [0.15, 0.2) is 24.3 Å². The molecule has 5 heteroatoms. The first-order chi connectivity index (χ1) is 9.61. The van der Waals surface area contributed by atoms with E-state index in [9.17, 15) is 13.2 Å². The number of likely N-dealkylation sites (N-methyl/N-ethyl adjacent to an activating group) is 1. The lowest BCUT2D eigenvalue weighted by Gasteiger charge is -2.29. The SMILES string of the molecule is CC(C)CC(C)N(C)CC(N)c1cccc(C(F)(F)F)c1. The highest BCUT2D eigenvalue weighted by Crippen LogP contribution is 2.30. The van der Waals surface area contributed by atoms with Crippen LogP contribution < -0.4 is 5.73 Å². The molecule has 0 radical (unpaired) electrons. The Balaban J connectivity index is 2.73. The van der Waals surface area contributed by atoms with E-state index in [4.69, 9.17) is 5.73 Å². The van der Waals surface area contributed by atoms with Crippen LogP contribution in [-0.4, -0.2) is 24.5 Å². The zero-order valence-electron chi connectivity index (χ0n) is 13.1. The highest BCUT2D eigenvalue weighted by molar-refractivity contribution is 5.28. The summed E-state index contributed by atoms with van der Waals surface area (Å²) in [5, 5.41) is 0. The Hall–Kier alpha value is -1.07. The van der Waals surface area contributed by atoms with Gasteiger partial charge in [-0.15, -0.1) is 0 Å². The Bertz CT molecular complexity index is 443. The summed E-state index contributed by atoms with van der Waals surface area (Å²) < 4.78 is 38.1. The highest BCUT2D eigenvalue weighted by Gasteiger charge is 2.30. The third-order valence-corrected chi connectivity index (χ3v) is 3.69. The number of nitrogens with zero attached hydrogens (tertiary/aromatic N) is 1. The molecule has 0 saturated carbocycles. The van der Waals surface area contributed by atoms with Gasteiger partial charge in [0.05, 0.1) is 5.56 Å². The molecule has 0 heterocycles. The highest BCUT2D eigenvalue weighted by atomic mass is 19.4. The maximum atomic E-state index is 12.7. The molecule has 2 unspecified atom stereocenters. The fraction of sp³-hybridized carbons (Fsp3) is 0.625. The van der Waals surface area contributed by atoms with Crippen LogP contribution in [0.25, 0.3) is 0 Å². The fourth-order valence-corrected chi connectivity index (χ4v) is 2.40. The normalized spacial score (nSPS) is 15.5. The summed E-state index contributed by atoms with van der Waals surface area (Å²) in [5.41, 5.74) is 5.94. The van der Waals surface area contributed by atoms with E-state index < -0.39 is 17.8 Å². The summed E-state index contributed by atoms with van der Waals surface area (Å²) in [4.78, 5) is 2.10. The van der Waals surface area contributed by atoms with Gasteiger partial charge in [-0.3, -0.25) is 0 Å². The quantitative estimate of drug-likeness (QED) is 0.858. The monoisotopic (exact) mass is 302 g/mol. The van der Waals surface area contributed by atoms with Crippen molar-refractivity contribution in [3.05, 3.63) is 35.4 Å². The van der Waals surface area contributed by atoms with E-state index in [-0.39, 0.29) is 0 Å². The first kappa shape index (κ1) is 18.0. The molecule has 0 aromatic heterocycles. The van der Waals surface area contributed by atoms with Crippen LogP contribution in [0.4, 0.5) is 13.2 Å². The Kier molecular flexibility index (Phi) is 6.23. The molecule has 0 aliphatic heterocycles. The Morgan fingerprint density at radius 2 is 1.81 bits per heavy atom. The van der Waals surface area contributed by atoms with E-state index in [2.05, 4.69) is 25.7 Å². The molecule has 0 spiro atoms. The summed E-state index contributed by atoms with van der Waals surface area (Å²) in [6, 6.07) is 5.21. The van der Waals surface area contributed by atoms with Gasteiger partial charge in [-0.05, 0) is 44.0 Å². The van der Waals surface area contributed by atoms with Gasteiger partial charge < -0.3 is 10.6 Å². The predicted molar refractivity (Wildman–Crippen MR) is 79.9 cm³/mol. The average Bonchev–Trinajstić information content (AvgIpc) is 2.37. The van der Waals surface area contributed by atoms with Crippen LogP contribution in [0.2, 0.25) is 0 Å². The van der Waals surface area contributed by atoms with Gasteiger partial charge in [0.15, 0.2) is 0 Å². The molecule has 0 bridgehead atoms. The molecule has 0 aliphatic carbocycles. The van der Waals surface area contributed by atoms with Crippen molar-refractivity contribution < 1.29 is 13.2 Å². The van der Waals surface area contributed by atoms with E-state index in [1.165, 1.54) is 6.07 Å². The van der Waals surface area contributed by atoms with E-state index >= 15 is 0 Å². The van der Waals surface area contributed by atoms with Gasteiger partial charge in [0.2, 0.25) is 0 Å². The maximum Gasteiger partial charge on any atom is 0.416 e. The number of halogens is 3. The minimum absolute atomic E-state index is 0.349. The lowest BCUT2D eigenvalue weighted by molar-refractivity contribution is -0.137. The smallest absolute Gasteiger partial charge is 0.323 e. The Morgan fingerprint density at radius 3 is 2.33 bits per heavy atom. The lowest BCUT2D eigenvalue weighted by Crippen LogP contribution is -2.36. The fourth-order valence-electron chi connectivity index (χ4n) is 2.40. The van der Waals surface area contributed by atoms with Gasteiger partial charge >= 0.3 is 6.18 Å². The standard InChI is InChI=1S/C16H25F3N2/c1-11(2)8-12(3)21(4)10-15(20)13-6-5-7-14(9-13)16(17,18)19/h5-7,9,11-12,15H,8,10,20H2,1-4H3. The van der Waals surface area contributed by atoms with Crippen molar-refractivity contribution in [2.75, 3.05) is 13.6 Å². The predicted octanol–water partition coefficient (Wildman–Crippen LogP) is 4.07. The second-order valence-electron chi connectivity index (χ2n) is 6.15. The second-order valence-corrected chi connectivity index (χ2v) is 6.15. The molecule has 2 atom stereocenters. The zero-order valence-corrected chi connectivity index (χ0v) is 13.1. The van der Waals surface area contributed by atoms with Crippen molar-refractivity contribution in [3.63, 3.8) is 0 Å². The third-order valence-electron chi connectivity index (χ3n) is 3.69. The molecule has 0 fully saturated rings. The van der Waals surface area contributed by atoms with Crippen molar-refractivity contribution in [2.24, 2.45) is 11.7 Å². The van der Waals surface area contributed by atoms with E-state index in [0.29, 0.717) is 24.1 Å². The molecule has 1 aromatic rings. The van der Waals surface area contributed by atoms with Crippen LogP contribution in [-0.2, 0) is 6.18 Å². The van der Waals surface area contributed by atoms with Crippen LogP contribution in [0.3, 0.4) is 0 Å². The lowest BCUT2D eigenvalue weighted by atomic mass is 10.0. The van der Waals surface area contributed by atoms with E-state index in [0.717, 1.165) is 18.6 Å². The summed E-state index contributed by atoms with van der Waals surface area (Å²) >= 11 is 0. The number of hydrogen-bond acceptors (Lipinski definition) is 2. The van der Waals surface area contributed by atoms with Gasteiger partial charge in [0.1, 0.15) is 0 Å². The molecule has 2 N–H and O–H groups in total. The molecular formula is C16H25F3N2. The Labute approximate surface area is 125 Å². The summed E-state index contributed by atoms with van der Waals surface area (Å²) in [6.07, 6.45) is -3.29. The molecule has 120 valence electrons. The first-order valence-corrected chi connectivity index (χ1v) is 7.24. The van der Waals surface area contributed by atoms with Crippen molar-refractivity contribution in [2.45, 2.75) is 45.5 Å². The number of benzene rings is 1. The van der Waals surface area contributed by atoms with Crippen LogP contribution in [0.5, 0.6) is 0 Å². The maximum absolute atomic E-state index is 12.7. The third kappa shape index (κ3) is 5.67. The first-order valence-electron chi connectivity index (χ1n) is 7.24. The van der Waals surface area contributed by atoms with Crippen LogP contribution in [0, 0.1) is 5.92 Å².